The highest BCUT2D eigenvalue weighted by Gasteiger charge is 2.47. The summed E-state index contributed by atoms with van der Waals surface area (Å²) in [7, 11) is 0. The first kappa shape index (κ1) is 25.7. The number of aromatic amines is 3. The second-order valence-corrected chi connectivity index (χ2v) is 11.0. The Morgan fingerprint density at radius 3 is 2.33 bits per heavy atom. The molecule has 8 heteroatoms. The molecule has 0 unspecified atom stereocenters. The molecule has 204 valence electrons. The number of H-pyrrole nitrogens is 3. The molecule has 5 heterocycles. The fourth-order valence-electron chi connectivity index (χ4n) is 6.56. The number of aliphatic carboxylic acids is 1. The summed E-state index contributed by atoms with van der Waals surface area (Å²) in [6, 6.07) is 0. The lowest BCUT2D eigenvalue weighted by atomic mass is 9.89. The Morgan fingerprint density at radius 2 is 1.68 bits per heavy atom. The normalized spacial score (nSPS) is 25.9. The number of aromatic nitrogens is 3. The van der Waals surface area contributed by atoms with Gasteiger partial charge in [-0.1, -0.05) is 33.4 Å². The third kappa shape index (κ3) is 3.41. The molecule has 3 aliphatic rings. The van der Waals surface area contributed by atoms with Gasteiger partial charge in [0.2, 0.25) is 0 Å². The molecule has 0 amide bonds. The third-order valence-electron chi connectivity index (χ3n) is 9.00. The van der Waals surface area contributed by atoms with Crippen molar-refractivity contribution in [1.29, 1.82) is 0 Å². The Kier molecular flexibility index (Phi) is 5.76. The van der Waals surface area contributed by atoms with Crippen LogP contribution in [0.4, 0.5) is 0 Å². The largest absolute Gasteiger partial charge is 0.480 e. The average Bonchev–Trinajstić information content (AvgIpc) is 3.65. The van der Waals surface area contributed by atoms with Gasteiger partial charge < -0.3 is 25.4 Å². The Labute approximate surface area is 231 Å². The molecular formula is C32H32N4O4. The van der Waals surface area contributed by atoms with Crippen molar-refractivity contribution >= 4 is 47.9 Å². The third-order valence-corrected chi connectivity index (χ3v) is 9.00. The molecule has 3 atom stereocenters. The van der Waals surface area contributed by atoms with Gasteiger partial charge in [0.15, 0.2) is 12.1 Å². The maximum Gasteiger partial charge on any atom is 0.319 e. The molecule has 0 radical (unpaired) electrons. The van der Waals surface area contributed by atoms with E-state index >= 15 is 0 Å². The highest BCUT2D eigenvalue weighted by atomic mass is 16.4. The van der Waals surface area contributed by atoms with Gasteiger partial charge in [-0.3, -0.25) is 14.4 Å². The Hall–Kier alpha value is -4.59. The number of carboxylic acids is 1. The Balaban J connectivity index is 1.77. The van der Waals surface area contributed by atoms with Gasteiger partial charge in [-0.15, -0.1) is 0 Å². The van der Waals surface area contributed by atoms with Crippen LogP contribution in [0.5, 0.6) is 0 Å². The van der Waals surface area contributed by atoms with Gasteiger partial charge in [-0.05, 0) is 55.2 Å². The van der Waals surface area contributed by atoms with Crippen LogP contribution in [0.1, 0.15) is 86.5 Å². The van der Waals surface area contributed by atoms with Crippen LogP contribution in [0, 0.1) is 31.6 Å². The predicted molar refractivity (Wildman–Crippen MR) is 155 cm³/mol. The lowest BCUT2D eigenvalue weighted by molar-refractivity contribution is -0.138. The first-order chi connectivity index (χ1) is 19.1. The van der Waals surface area contributed by atoms with E-state index in [9.17, 15) is 19.5 Å². The standard InChI is InChI=1S/C32H32N4O4/c1-7-17-15(5)21-9-20-13(3)14(4)29(35-20)27-28(32(39)40)31(38)26-16(6)22(36-30(26)27)10-24-18(8-2)19(12-37)25(34-24)11-23(17)33-21/h7,9-14,28,33-36H,1,8H2,2-6H3,(H,39,40)/b20-9-,24-10-,25-11-,29-27-/t13-,14-,28+/m0/s1. The topological polar surface area (TPSA) is 131 Å². The number of rotatable bonds is 4. The second kappa shape index (κ2) is 8.98. The molecule has 1 saturated heterocycles. The minimum Gasteiger partial charge on any atom is -0.480 e. The van der Waals surface area contributed by atoms with Crippen LogP contribution >= 0.6 is 0 Å². The highest BCUT2D eigenvalue weighted by molar-refractivity contribution is 6.24. The zero-order valence-corrected chi connectivity index (χ0v) is 23.2. The van der Waals surface area contributed by atoms with Crippen molar-refractivity contribution in [2.45, 2.75) is 41.0 Å². The number of fused-ring (bicyclic) bond motifs is 7. The molecular weight excluding hydrogens is 504 g/mol. The molecule has 5 N–H and O–H groups in total. The minimum absolute atomic E-state index is 0.0406. The number of carbonyl (C=O) groups excluding carboxylic acids is 2. The summed E-state index contributed by atoms with van der Waals surface area (Å²) < 4.78 is 0. The van der Waals surface area contributed by atoms with Crippen molar-refractivity contribution in [2.24, 2.45) is 17.8 Å². The summed E-state index contributed by atoms with van der Waals surface area (Å²) in [5.41, 5.74) is 9.62. The Morgan fingerprint density at radius 1 is 0.975 bits per heavy atom. The molecule has 1 aliphatic carbocycles. The van der Waals surface area contributed by atoms with Gasteiger partial charge in [0.1, 0.15) is 5.92 Å². The van der Waals surface area contributed by atoms with Gasteiger partial charge in [0, 0.05) is 67.9 Å². The van der Waals surface area contributed by atoms with Crippen LogP contribution < -0.4 is 16.0 Å². The number of carbonyl (C=O) groups is 3. The predicted octanol–water partition coefficient (Wildman–Crippen LogP) is 3.80. The number of nitrogens with one attached hydrogen (secondary N) is 4. The molecule has 8 bridgehead atoms. The van der Waals surface area contributed by atoms with Crippen LogP contribution in [0.15, 0.2) is 18.0 Å². The molecule has 40 heavy (non-hydrogen) atoms. The fourth-order valence-corrected chi connectivity index (χ4v) is 6.56. The van der Waals surface area contributed by atoms with E-state index < -0.39 is 17.7 Å². The number of allylic oxidation sites excluding steroid dienone is 2. The van der Waals surface area contributed by atoms with Gasteiger partial charge >= 0.3 is 5.97 Å². The maximum absolute atomic E-state index is 13.6. The molecule has 0 saturated carbocycles. The molecule has 3 aromatic rings. The lowest BCUT2D eigenvalue weighted by Crippen LogP contribution is -2.23. The van der Waals surface area contributed by atoms with E-state index in [2.05, 4.69) is 40.7 Å². The molecule has 0 spiro atoms. The summed E-state index contributed by atoms with van der Waals surface area (Å²) in [5.74, 6) is -2.85. The van der Waals surface area contributed by atoms with Gasteiger partial charge in [0.05, 0.1) is 11.0 Å². The van der Waals surface area contributed by atoms with Crippen LogP contribution in [-0.4, -0.2) is 38.1 Å². The summed E-state index contributed by atoms with van der Waals surface area (Å²) in [4.78, 5) is 48.7. The van der Waals surface area contributed by atoms with Crippen molar-refractivity contribution < 1.29 is 19.5 Å². The second-order valence-electron chi connectivity index (χ2n) is 11.0. The van der Waals surface area contributed by atoms with E-state index in [0.29, 0.717) is 45.4 Å². The first-order valence-corrected chi connectivity index (χ1v) is 13.6. The number of hydrogen-bond donors (Lipinski definition) is 5. The molecule has 8 nitrogen and oxygen atoms in total. The average molecular weight is 537 g/mol. The van der Waals surface area contributed by atoms with E-state index in [1.54, 1.807) is 6.08 Å². The summed E-state index contributed by atoms with van der Waals surface area (Å²) in [6.07, 6.45) is 9.19. The lowest BCUT2D eigenvalue weighted by Gasteiger charge is -2.15. The minimum atomic E-state index is -1.28. The SMILES string of the molecule is C=Cc1c2[nH]c(c1C)/C=C1\N/C(=C3\c4[nH]c(c(C)c4C(=O)[C@@H]3C(=O)O)/C=c3\[nH]/c(c(C=O)c3CC)=C\2)[C@@H](C)[C@@H]1C. The molecule has 3 aromatic heterocycles. The first-order valence-electron chi connectivity index (χ1n) is 13.6. The van der Waals surface area contributed by atoms with Crippen LogP contribution in [0.25, 0.3) is 29.9 Å². The molecule has 1 fully saturated rings. The van der Waals surface area contributed by atoms with E-state index in [0.717, 1.165) is 51.1 Å². The van der Waals surface area contributed by atoms with Crippen molar-refractivity contribution in [3.8, 4) is 0 Å². The van der Waals surface area contributed by atoms with Crippen molar-refractivity contribution in [1.82, 2.24) is 20.3 Å². The van der Waals surface area contributed by atoms with Crippen LogP contribution in [0.2, 0.25) is 0 Å². The number of hydrogen-bond acceptors (Lipinski definition) is 4. The molecule has 6 rings (SSSR count). The number of ketones is 1. The van der Waals surface area contributed by atoms with Gasteiger partial charge in [-0.2, -0.15) is 0 Å². The van der Waals surface area contributed by atoms with Crippen molar-refractivity contribution in [2.75, 3.05) is 0 Å². The van der Waals surface area contributed by atoms with E-state index in [1.165, 1.54) is 0 Å². The smallest absolute Gasteiger partial charge is 0.319 e. The van der Waals surface area contributed by atoms with Gasteiger partial charge in [-0.25, -0.2) is 0 Å². The number of Topliss-reactive ketones (excluding diaryl/α,β-unsaturated/α-hetero) is 1. The van der Waals surface area contributed by atoms with E-state index in [1.807, 2.05) is 39.0 Å². The summed E-state index contributed by atoms with van der Waals surface area (Å²) in [5, 5.41) is 15.1. The maximum atomic E-state index is 13.6. The molecule has 0 aromatic carbocycles. The quantitative estimate of drug-likeness (QED) is 0.256. The fraction of sp³-hybridized carbons (Fsp3) is 0.281. The highest BCUT2D eigenvalue weighted by Crippen LogP contribution is 2.46. The zero-order chi connectivity index (χ0) is 28.6. The van der Waals surface area contributed by atoms with E-state index in [-0.39, 0.29) is 11.8 Å². The van der Waals surface area contributed by atoms with Crippen LogP contribution in [0.3, 0.4) is 0 Å². The van der Waals surface area contributed by atoms with Crippen molar-refractivity contribution in [3.05, 3.63) is 84.8 Å². The van der Waals surface area contributed by atoms with E-state index in [4.69, 9.17) is 0 Å². The molecule has 2 aliphatic heterocycles. The Bertz CT molecular complexity index is 1860. The zero-order valence-electron chi connectivity index (χ0n) is 23.2. The van der Waals surface area contributed by atoms with Crippen molar-refractivity contribution in [3.63, 3.8) is 0 Å². The number of carboxylic acid groups (broad SMARTS) is 1. The van der Waals surface area contributed by atoms with Crippen LogP contribution in [-0.2, 0) is 11.2 Å². The summed E-state index contributed by atoms with van der Waals surface area (Å²) >= 11 is 0. The number of aldehydes is 1. The monoisotopic (exact) mass is 536 g/mol. The van der Waals surface area contributed by atoms with Gasteiger partial charge in [0.25, 0.3) is 0 Å². The summed E-state index contributed by atoms with van der Waals surface area (Å²) in [6.45, 7) is 14.0.